The maximum atomic E-state index is 12.3. The number of hydrogen-bond acceptors (Lipinski definition) is 5. The lowest BCUT2D eigenvalue weighted by Crippen LogP contribution is -2.42. The summed E-state index contributed by atoms with van der Waals surface area (Å²) in [6, 6.07) is 0.310. The van der Waals surface area contributed by atoms with Gasteiger partial charge in [0.25, 0.3) is 0 Å². The van der Waals surface area contributed by atoms with Crippen LogP contribution < -0.4 is 0 Å². The zero-order valence-electron chi connectivity index (χ0n) is 15.7. The second-order valence-electron chi connectivity index (χ2n) is 8.47. The van der Waals surface area contributed by atoms with Crippen molar-refractivity contribution >= 4 is 20.6 Å². The van der Waals surface area contributed by atoms with E-state index in [1.807, 2.05) is 0 Å². The Morgan fingerprint density at radius 1 is 1.38 bits per heavy atom. The van der Waals surface area contributed by atoms with E-state index in [2.05, 4.69) is 19.6 Å². The summed E-state index contributed by atoms with van der Waals surface area (Å²) < 4.78 is 5.38. The molecule has 7 nitrogen and oxygen atoms in total. The van der Waals surface area contributed by atoms with Crippen molar-refractivity contribution in [3.63, 3.8) is 0 Å². The Morgan fingerprint density at radius 2 is 2.00 bits per heavy atom. The van der Waals surface area contributed by atoms with E-state index in [1.54, 1.807) is 20.8 Å². The molecule has 1 N–H and O–H groups in total. The molecule has 0 radical (unpaired) electrons. The number of likely N-dealkylation sites (tertiary alicyclic amines) is 1. The van der Waals surface area contributed by atoms with E-state index in [-0.39, 0.29) is 18.7 Å². The third kappa shape index (κ3) is 6.78. The van der Waals surface area contributed by atoms with Gasteiger partial charge in [-0.1, -0.05) is 19.6 Å². The average Bonchev–Trinajstić information content (AvgIpc) is 2.84. The minimum atomic E-state index is -1.25. The molecule has 140 valence electrons. The number of aliphatic hydroxyl groups excluding tert-OH is 1. The molecule has 0 bridgehead atoms. The number of carbonyl (C=O) groups is 2. The molecule has 1 saturated heterocycles. The smallest absolute Gasteiger partial charge is 0.410 e. The van der Waals surface area contributed by atoms with E-state index < -0.39 is 19.8 Å². The van der Waals surface area contributed by atoms with Crippen molar-refractivity contribution in [1.29, 1.82) is 0 Å². The van der Waals surface area contributed by atoms with Gasteiger partial charge in [0.2, 0.25) is 6.41 Å². The fraction of sp³-hybridized carbons (Fsp3) is 0.875. The zero-order valence-corrected chi connectivity index (χ0v) is 16.7. The normalized spacial score (nSPS) is 21.7. The van der Waals surface area contributed by atoms with Crippen molar-refractivity contribution in [3.05, 3.63) is 0 Å². The van der Waals surface area contributed by atoms with E-state index in [0.29, 0.717) is 26.0 Å². The Morgan fingerprint density at radius 3 is 2.46 bits per heavy atom. The maximum Gasteiger partial charge on any atom is 0.410 e. The van der Waals surface area contributed by atoms with Crippen LogP contribution in [0.1, 0.15) is 27.2 Å². The molecule has 1 aliphatic heterocycles. The SMILES string of the molecule is CC(C)(C)OC(=O)N1CC(N(C=O)OCC[Si](C)(C)C)CC1CO. The Labute approximate surface area is 145 Å². The van der Waals surface area contributed by atoms with E-state index in [4.69, 9.17) is 9.57 Å². The quantitative estimate of drug-likeness (QED) is 0.427. The van der Waals surface area contributed by atoms with Crippen LogP contribution in [0.25, 0.3) is 0 Å². The van der Waals surface area contributed by atoms with Crippen LogP contribution in [0.4, 0.5) is 4.79 Å². The van der Waals surface area contributed by atoms with Crippen molar-refractivity contribution in [2.24, 2.45) is 0 Å². The summed E-state index contributed by atoms with van der Waals surface area (Å²) in [7, 11) is -1.25. The first-order valence-corrected chi connectivity index (χ1v) is 12.1. The van der Waals surface area contributed by atoms with Crippen LogP contribution in [0.3, 0.4) is 0 Å². The third-order valence-electron chi connectivity index (χ3n) is 3.79. The number of rotatable bonds is 7. The summed E-state index contributed by atoms with van der Waals surface area (Å²) in [5.74, 6) is 0. The predicted octanol–water partition coefficient (Wildman–Crippen LogP) is 2.08. The van der Waals surface area contributed by atoms with Crippen molar-refractivity contribution in [2.75, 3.05) is 19.8 Å². The van der Waals surface area contributed by atoms with Crippen LogP contribution >= 0.6 is 0 Å². The van der Waals surface area contributed by atoms with E-state index >= 15 is 0 Å². The fourth-order valence-corrected chi connectivity index (χ4v) is 3.18. The molecule has 0 aromatic rings. The van der Waals surface area contributed by atoms with Crippen molar-refractivity contribution < 1.29 is 24.3 Å². The highest BCUT2D eigenvalue weighted by molar-refractivity contribution is 6.76. The first-order chi connectivity index (χ1) is 11.0. The molecule has 0 aromatic carbocycles. The molecule has 1 fully saturated rings. The maximum absolute atomic E-state index is 12.3. The first kappa shape index (κ1) is 20.9. The molecule has 0 aromatic heterocycles. The first-order valence-electron chi connectivity index (χ1n) is 8.44. The van der Waals surface area contributed by atoms with Crippen LogP contribution in [0.5, 0.6) is 0 Å². The minimum absolute atomic E-state index is 0.169. The molecule has 1 heterocycles. The highest BCUT2D eigenvalue weighted by Crippen LogP contribution is 2.24. The van der Waals surface area contributed by atoms with Crippen LogP contribution in [0, 0.1) is 0 Å². The van der Waals surface area contributed by atoms with Gasteiger partial charge in [-0.05, 0) is 33.2 Å². The summed E-state index contributed by atoms with van der Waals surface area (Å²) >= 11 is 0. The Bertz CT molecular complexity index is 433. The highest BCUT2D eigenvalue weighted by atomic mass is 28.3. The Balaban J connectivity index is 2.66. The summed E-state index contributed by atoms with van der Waals surface area (Å²) in [5.41, 5.74) is -0.604. The second-order valence-corrected chi connectivity index (χ2v) is 14.1. The highest BCUT2D eigenvalue weighted by Gasteiger charge is 2.40. The standard InChI is InChI=1S/C16H32N2O5Si/c1-16(2,3)23-15(21)17-10-13(9-14(17)11-19)18(12-20)22-7-8-24(4,5)6/h12-14,19H,7-11H2,1-6H3. The average molecular weight is 361 g/mol. The van der Waals surface area contributed by atoms with Crippen LogP contribution in [-0.4, -0.2) is 73.1 Å². The number of aliphatic hydroxyl groups is 1. The number of ether oxygens (including phenoxy) is 1. The van der Waals surface area contributed by atoms with Crippen LogP contribution in [0.15, 0.2) is 0 Å². The lowest BCUT2D eigenvalue weighted by atomic mass is 10.2. The molecular formula is C16H32N2O5Si. The Kier molecular flexibility index (Phi) is 7.24. The summed E-state index contributed by atoms with van der Waals surface area (Å²) in [6.07, 6.45) is 0.653. The molecule has 0 aliphatic carbocycles. The van der Waals surface area contributed by atoms with Crippen LogP contribution in [0.2, 0.25) is 25.7 Å². The number of nitrogens with zero attached hydrogens (tertiary/aromatic N) is 2. The number of amides is 2. The van der Waals surface area contributed by atoms with Gasteiger partial charge < -0.3 is 14.7 Å². The van der Waals surface area contributed by atoms with E-state index in [0.717, 1.165) is 6.04 Å². The molecule has 2 unspecified atom stereocenters. The molecule has 1 aliphatic rings. The lowest BCUT2D eigenvalue weighted by molar-refractivity contribution is -0.182. The molecule has 2 atom stereocenters. The molecule has 8 heteroatoms. The summed E-state index contributed by atoms with van der Waals surface area (Å²) in [5, 5.41) is 10.8. The second kappa shape index (κ2) is 8.31. The van der Waals surface area contributed by atoms with Gasteiger partial charge in [0, 0.05) is 14.6 Å². The van der Waals surface area contributed by atoms with Gasteiger partial charge in [-0.15, -0.1) is 0 Å². The zero-order chi connectivity index (χ0) is 18.5. The van der Waals surface area contributed by atoms with Gasteiger partial charge in [0.15, 0.2) is 0 Å². The Hall–Kier alpha value is -1.12. The topological polar surface area (TPSA) is 79.3 Å². The van der Waals surface area contributed by atoms with Crippen molar-refractivity contribution in [3.8, 4) is 0 Å². The largest absolute Gasteiger partial charge is 0.444 e. The van der Waals surface area contributed by atoms with Gasteiger partial charge in [-0.2, -0.15) is 0 Å². The molecule has 0 saturated carbocycles. The number of hydroxylamine groups is 2. The van der Waals surface area contributed by atoms with Gasteiger partial charge in [-0.25, -0.2) is 9.86 Å². The number of hydrogen-bond donors (Lipinski definition) is 1. The summed E-state index contributed by atoms with van der Waals surface area (Å²) in [6.45, 7) is 12.7. The summed E-state index contributed by atoms with van der Waals surface area (Å²) in [4.78, 5) is 30.7. The van der Waals surface area contributed by atoms with Gasteiger partial charge in [0.1, 0.15) is 5.60 Å². The van der Waals surface area contributed by atoms with Gasteiger partial charge in [0.05, 0.1) is 25.3 Å². The predicted molar refractivity (Wildman–Crippen MR) is 94.2 cm³/mol. The van der Waals surface area contributed by atoms with Gasteiger partial charge in [-0.3, -0.25) is 9.63 Å². The van der Waals surface area contributed by atoms with Crippen LogP contribution in [-0.2, 0) is 14.4 Å². The molecule has 2 amide bonds. The molecular weight excluding hydrogens is 328 g/mol. The molecule has 24 heavy (non-hydrogen) atoms. The van der Waals surface area contributed by atoms with Crippen molar-refractivity contribution in [2.45, 2.75) is 70.6 Å². The molecule has 0 spiro atoms. The van der Waals surface area contributed by atoms with E-state index in [9.17, 15) is 14.7 Å². The van der Waals surface area contributed by atoms with E-state index in [1.165, 1.54) is 9.96 Å². The minimum Gasteiger partial charge on any atom is -0.444 e. The monoisotopic (exact) mass is 360 g/mol. The third-order valence-corrected chi connectivity index (χ3v) is 5.49. The van der Waals surface area contributed by atoms with Crippen molar-refractivity contribution in [1.82, 2.24) is 9.96 Å². The van der Waals surface area contributed by atoms with Gasteiger partial charge >= 0.3 is 6.09 Å². The lowest BCUT2D eigenvalue weighted by Gasteiger charge is -2.28. The molecule has 1 rings (SSSR count). The fourth-order valence-electron chi connectivity index (χ4n) is 2.47. The number of carbonyl (C=O) groups excluding carboxylic acids is 2.